The molecule has 0 N–H and O–H groups in total. The third kappa shape index (κ3) is 4.35. The average Bonchev–Trinajstić information content (AvgIpc) is 3.47. The highest BCUT2D eigenvalue weighted by molar-refractivity contribution is 6.01. The van der Waals surface area contributed by atoms with Crippen LogP contribution in [0, 0.1) is 6.92 Å². The largest absolute Gasteiger partial charge is 0.441 e. The maximum atomic E-state index is 13.4. The van der Waals surface area contributed by atoms with Crippen molar-refractivity contribution < 1.29 is 9.53 Å². The van der Waals surface area contributed by atoms with Gasteiger partial charge in [0.2, 0.25) is 0 Å². The van der Waals surface area contributed by atoms with Crippen LogP contribution >= 0.6 is 0 Å². The number of hydrogen-bond acceptors (Lipinski definition) is 3. The molecule has 0 saturated heterocycles. The molecule has 0 amide bonds. The topological polar surface area (TPSA) is 34.5 Å². The summed E-state index contributed by atoms with van der Waals surface area (Å²) >= 11 is 0. The number of hydrogen-bond donors (Lipinski definition) is 0. The highest BCUT2D eigenvalue weighted by Gasteiger charge is 2.46. The molecule has 1 aliphatic heterocycles. The van der Waals surface area contributed by atoms with Gasteiger partial charge >= 0.3 is 5.97 Å². The average molecular weight is 541 g/mol. The molecule has 0 spiro atoms. The molecule has 1 aliphatic rings. The van der Waals surface area contributed by atoms with E-state index in [4.69, 9.17) is 4.74 Å². The highest BCUT2D eigenvalue weighted by atomic mass is 16.6. The van der Waals surface area contributed by atoms with Crippen molar-refractivity contribution in [2.75, 3.05) is 18.0 Å². The maximum absolute atomic E-state index is 13.4. The van der Waals surface area contributed by atoms with Crippen molar-refractivity contribution in [3.8, 4) is 0 Å². The van der Waals surface area contributed by atoms with Gasteiger partial charge in [-0.15, -0.1) is 0 Å². The minimum absolute atomic E-state index is 0.301. The van der Waals surface area contributed by atoms with Crippen molar-refractivity contribution >= 4 is 28.1 Å². The van der Waals surface area contributed by atoms with E-state index < -0.39 is 5.60 Å². The lowest BCUT2D eigenvalue weighted by molar-refractivity contribution is 0.0276. The molecule has 0 bridgehead atoms. The number of fused-ring (bicyclic) bond motifs is 2. The molecule has 1 aromatic heterocycles. The Kier molecular flexibility index (Phi) is 7.00. The minimum atomic E-state index is -1.08. The molecule has 1 unspecified atom stereocenters. The Hall–Kier alpha value is -4.57. The minimum Gasteiger partial charge on any atom is -0.441 e. The van der Waals surface area contributed by atoms with Crippen LogP contribution in [0.25, 0.3) is 16.5 Å². The Morgan fingerprint density at radius 2 is 1.49 bits per heavy atom. The fraction of sp³-hybridized carbons (Fsp3) is 0.216. The summed E-state index contributed by atoms with van der Waals surface area (Å²) < 4.78 is 8.84. The van der Waals surface area contributed by atoms with E-state index in [-0.39, 0.29) is 5.97 Å². The predicted molar refractivity (Wildman–Crippen MR) is 169 cm³/mol. The van der Waals surface area contributed by atoms with Crippen LogP contribution in [0.15, 0.2) is 109 Å². The Labute approximate surface area is 242 Å². The van der Waals surface area contributed by atoms with Crippen molar-refractivity contribution in [1.29, 1.82) is 0 Å². The first-order valence-corrected chi connectivity index (χ1v) is 14.6. The summed E-state index contributed by atoms with van der Waals surface area (Å²) in [5, 5.41) is 1.19. The van der Waals surface area contributed by atoms with Gasteiger partial charge in [0, 0.05) is 58.6 Å². The first-order chi connectivity index (χ1) is 20.0. The van der Waals surface area contributed by atoms with E-state index in [9.17, 15) is 4.79 Å². The second-order valence-electron chi connectivity index (χ2n) is 10.5. The molecule has 0 fully saturated rings. The molecule has 6 rings (SSSR count). The fourth-order valence-electron chi connectivity index (χ4n) is 6.45. The third-order valence-electron chi connectivity index (χ3n) is 8.47. The number of esters is 1. The quantitative estimate of drug-likeness (QED) is 0.186. The Balaban J connectivity index is 1.67. The number of anilines is 1. The summed E-state index contributed by atoms with van der Waals surface area (Å²) in [6.07, 6.45) is 2.19. The van der Waals surface area contributed by atoms with Crippen LogP contribution in [0.5, 0.6) is 0 Å². The van der Waals surface area contributed by atoms with Crippen molar-refractivity contribution in [3.05, 3.63) is 143 Å². The van der Waals surface area contributed by atoms with E-state index >= 15 is 0 Å². The van der Waals surface area contributed by atoms with Crippen LogP contribution in [0.1, 0.15) is 59.1 Å². The molecule has 41 heavy (non-hydrogen) atoms. The number of para-hydroxylation sites is 1. The lowest BCUT2D eigenvalue weighted by Crippen LogP contribution is -2.27. The van der Waals surface area contributed by atoms with Crippen molar-refractivity contribution in [1.82, 2.24) is 4.57 Å². The molecular weight excluding hydrogens is 504 g/mol. The SMILES string of the molecule is CCN(CC)c1ccc(C2(/C=C(\c3ccccc3)c3c(C)n(CC)c4ccccc34)OC(=O)c3ccccc32)cc1. The van der Waals surface area contributed by atoms with Gasteiger partial charge in [0.1, 0.15) is 0 Å². The van der Waals surface area contributed by atoms with Gasteiger partial charge in [-0.05, 0) is 69.2 Å². The molecule has 0 saturated carbocycles. The number of cyclic esters (lactones) is 1. The molecule has 0 aliphatic carbocycles. The predicted octanol–water partition coefficient (Wildman–Crippen LogP) is 8.36. The van der Waals surface area contributed by atoms with E-state index in [0.717, 1.165) is 53.1 Å². The monoisotopic (exact) mass is 540 g/mol. The number of benzene rings is 4. The van der Waals surface area contributed by atoms with E-state index in [1.807, 2.05) is 30.3 Å². The van der Waals surface area contributed by atoms with Gasteiger partial charge in [0.05, 0.1) is 5.56 Å². The summed E-state index contributed by atoms with van der Waals surface area (Å²) in [5.74, 6) is -0.301. The number of ether oxygens (including phenoxy) is 1. The van der Waals surface area contributed by atoms with Gasteiger partial charge in [-0.3, -0.25) is 0 Å². The Morgan fingerprint density at radius 1 is 0.829 bits per heavy atom. The molecule has 5 aromatic rings. The van der Waals surface area contributed by atoms with Gasteiger partial charge in [0.25, 0.3) is 0 Å². The van der Waals surface area contributed by atoms with E-state index in [1.165, 1.54) is 16.6 Å². The van der Waals surface area contributed by atoms with Gasteiger partial charge in [-0.1, -0.05) is 78.9 Å². The fourth-order valence-corrected chi connectivity index (χ4v) is 6.45. The first kappa shape index (κ1) is 26.6. The Bertz CT molecular complexity index is 1740. The highest BCUT2D eigenvalue weighted by Crippen LogP contribution is 2.47. The number of carbonyl (C=O) groups is 1. The number of carbonyl (C=O) groups excluding carboxylic acids is 1. The van der Waals surface area contributed by atoms with Crippen molar-refractivity contribution in [2.24, 2.45) is 0 Å². The molecule has 0 radical (unpaired) electrons. The van der Waals surface area contributed by atoms with Gasteiger partial charge in [-0.2, -0.15) is 0 Å². The molecule has 2 heterocycles. The van der Waals surface area contributed by atoms with Gasteiger partial charge < -0.3 is 14.2 Å². The molecule has 4 heteroatoms. The Morgan fingerprint density at radius 3 is 2.20 bits per heavy atom. The zero-order chi connectivity index (χ0) is 28.6. The van der Waals surface area contributed by atoms with Crippen molar-refractivity contribution in [2.45, 2.75) is 39.8 Å². The lowest BCUT2D eigenvalue weighted by Gasteiger charge is -2.29. The number of aryl methyl sites for hydroxylation is 1. The summed E-state index contributed by atoms with van der Waals surface area (Å²) in [5.41, 5.74) is 8.15. The molecule has 4 aromatic carbocycles. The van der Waals surface area contributed by atoms with Crippen LogP contribution in [0.4, 0.5) is 5.69 Å². The van der Waals surface area contributed by atoms with E-state index in [0.29, 0.717) is 5.56 Å². The normalized spacial score (nSPS) is 16.6. The zero-order valence-corrected chi connectivity index (χ0v) is 24.2. The third-order valence-corrected chi connectivity index (χ3v) is 8.47. The van der Waals surface area contributed by atoms with Crippen LogP contribution in [-0.4, -0.2) is 23.6 Å². The summed E-state index contributed by atoms with van der Waals surface area (Å²) in [4.78, 5) is 15.8. The number of nitrogens with zero attached hydrogens (tertiary/aromatic N) is 2. The van der Waals surface area contributed by atoms with Gasteiger partial charge in [0.15, 0.2) is 5.60 Å². The number of aromatic nitrogens is 1. The van der Waals surface area contributed by atoms with E-state index in [1.54, 1.807) is 0 Å². The second-order valence-corrected chi connectivity index (χ2v) is 10.5. The smallest absolute Gasteiger partial charge is 0.340 e. The molecule has 206 valence electrons. The molecule has 4 nitrogen and oxygen atoms in total. The first-order valence-electron chi connectivity index (χ1n) is 14.6. The standard InChI is InChI=1S/C37H36N2O2/c1-5-38(6-2)29-23-21-28(22-24-29)37(33-19-13-11-17-30(33)36(40)41-37)25-32(27-15-9-8-10-16-27)35-26(4)39(7-3)34-20-14-12-18-31(34)35/h8-25H,5-7H2,1-4H3/b32-25+. The van der Waals surface area contributed by atoms with Crippen LogP contribution in [0.2, 0.25) is 0 Å². The van der Waals surface area contributed by atoms with Crippen molar-refractivity contribution in [3.63, 3.8) is 0 Å². The summed E-state index contributed by atoms with van der Waals surface area (Å²) in [7, 11) is 0. The van der Waals surface area contributed by atoms with Crippen LogP contribution < -0.4 is 4.90 Å². The number of rotatable bonds is 8. The molecular formula is C37H36N2O2. The van der Waals surface area contributed by atoms with Gasteiger partial charge in [-0.25, -0.2) is 4.79 Å². The summed E-state index contributed by atoms with van der Waals surface area (Å²) in [6, 6.07) is 35.3. The lowest BCUT2D eigenvalue weighted by atomic mass is 9.81. The second kappa shape index (κ2) is 10.8. The summed E-state index contributed by atoms with van der Waals surface area (Å²) in [6.45, 7) is 11.4. The zero-order valence-electron chi connectivity index (χ0n) is 24.2. The van der Waals surface area contributed by atoms with Crippen LogP contribution in [-0.2, 0) is 16.9 Å². The maximum Gasteiger partial charge on any atom is 0.340 e. The van der Waals surface area contributed by atoms with Crippen LogP contribution in [0.3, 0.4) is 0 Å². The van der Waals surface area contributed by atoms with E-state index in [2.05, 4.69) is 116 Å². The molecule has 1 atom stereocenters.